The standard InChI is InChI=1S/C14H15ClN2O3/c1-20-14(19)12(4-2-3-9-16)17-13(18)10-5-7-11(15)8-6-10/h5-8,12H,2-4H2,1H3,(H,17,18)/t12-/m0/s1. The zero-order valence-electron chi connectivity index (χ0n) is 11.1. The van der Waals surface area contributed by atoms with E-state index in [9.17, 15) is 9.59 Å². The summed E-state index contributed by atoms with van der Waals surface area (Å²) in [7, 11) is 1.26. The molecule has 0 saturated carbocycles. The number of carbonyl (C=O) groups excluding carboxylic acids is 2. The molecule has 1 N–H and O–H groups in total. The summed E-state index contributed by atoms with van der Waals surface area (Å²) in [6.07, 6.45) is 1.20. The zero-order valence-corrected chi connectivity index (χ0v) is 11.8. The molecule has 0 aliphatic carbocycles. The Morgan fingerprint density at radius 1 is 1.40 bits per heavy atom. The molecule has 5 nitrogen and oxygen atoms in total. The Labute approximate surface area is 122 Å². The molecule has 1 rings (SSSR count). The Morgan fingerprint density at radius 3 is 2.60 bits per heavy atom. The fourth-order valence-corrected chi connectivity index (χ4v) is 1.75. The van der Waals surface area contributed by atoms with Crippen LogP contribution >= 0.6 is 11.6 Å². The number of ether oxygens (including phenoxy) is 1. The van der Waals surface area contributed by atoms with E-state index in [0.29, 0.717) is 29.8 Å². The maximum Gasteiger partial charge on any atom is 0.328 e. The molecule has 106 valence electrons. The topological polar surface area (TPSA) is 79.2 Å². The van der Waals surface area contributed by atoms with Crippen LogP contribution in [0.15, 0.2) is 24.3 Å². The molecular weight excluding hydrogens is 280 g/mol. The second-order valence-corrected chi connectivity index (χ2v) is 4.54. The van der Waals surface area contributed by atoms with Crippen molar-refractivity contribution >= 4 is 23.5 Å². The minimum atomic E-state index is -0.753. The summed E-state index contributed by atoms with van der Waals surface area (Å²) in [5.41, 5.74) is 0.406. The van der Waals surface area contributed by atoms with Crippen molar-refractivity contribution in [3.8, 4) is 6.07 Å². The summed E-state index contributed by atoms with van der Waals surface area (Å²) in [6.45, 7) is 0. The van der Waals surface area contributed by atoms with E-state index in [0.717, 1.165) is 0 Å². The van der Waals surface area contributed by atoms with E-state index in [-0.39, 0.29) is 5.91 Å². The summed E-state index contributed by atoms with van der Waals surface area (Å²) < 4.78 is 4.64. The van der Waals surface area contributed by atoms with Crippen LogP contribution in [0.2, 0.25) is 5.02 Å². The van der Waals surface area contributed by atoms with Gasteiger partial charge >= 0.3 is 5.97 Å². The Balaban J connectivity index is 2.68. The van der Waals surface area contributed by atoms with Gasteiger partial charge < -0.3 is 10.1 Å². The third-order valence-corrected chi connectivity index (χ3v) is 2.93. The first-order valence-electron chi connectivity index (χ1n) is 6.09. The lowest BCUT2D eigenvalue weighted by Gasteiger charge is -2.15. The van der Waals surface area contributed by atoms with Gasteiger partial charge in [-0.2, -0.15) is 5.26 Å². The van der Waals surface area contributed by atoms with Crippen LogP contribution in [0, 0.1) is 11.3 Å². The second-order valence-electron chi connectivity index (χ2n) is 4.11. The predicted molar refractivity (Wildman–Crippen MR) is 74.2 cm³/mol. The van der Waals surface area contributed by atoms with E-state index in [2.05, 4.69) is 10.1 Å². The third-order valence-electron chi connectivity index (χ3n) is 2.68. The average molecular weight is 295 g/mol. The number of hydrogen-bond acceptors (Lipinski definition) is 4. The fourth-order valence-electron chi connectivity index (χ4n) is 1.62. The Kier molecular flexibility index (Phi) is 6.54. The molecule has 0 aromatic heterocycles. The highest BCUT2D eigenvalue weighted by molar-refractivity contribution is 6.30. The molecule has 0 spiro atoms. The van der Waals surface area contributed by atoms with Gasteiger partial charge in [0.15, 0.2) is 0 Å². The van der Waals surface area contributed by atoms with Gasteiger partial charge in [0.2, 0.25) is 0 Å². The molecular formula is C14H15ClN2O3. The number of carbonyl (C=O) groups is 2. The maximum atomic E-state index is 12.0. The number of benzene rings is 1. The van der Waals surface area contributed by atoms with Crippen LogP contribution in [-0.2, 0) is 9.53 Å². The van der Waals surface area contributed by atoms with Crippen LogP contribution < -0.4 is 5.32 Å². The highest BCUT2D eigenvalue weighted by atomic mass is 35.5. The molecule has 0 aliphatic heterocycles. The molecule has 0 heterocycles. The Hall–Kier alpha value is -2.06. The van der Waals surface area contributed by atoms with Crippen molar-refractivity contribution in [1.82, 2.24) is 5.32 Å². The monoisotopic (exact) mass is 294 g/mol. The van der Waals surface area contributed by atoms with E-state index < -0.39 is 12.0 Å². The molecule has 1 aromatic carbocycles. The van der Waals surface area contributed by atoms with Crippen LogP contribution in [0.4, 0.5) is 0 Å². The third kappa shape index (κ3) is 4.90. The van der Waals surface area contributed by atoms with Crippen LogP contribution in [-0.4, -0.2) is 25.0 Å². The van der Waals surface area contributed by atoms with Gasteiger partial charge in [0.05, 0.1) is 13.2 Å². The second kappa shape index (κ2) is 8.18. The van der Waals surface area contributed by atoms with Gasteiger partial charge in [0, 0.05) is 17.0 Å². The fraction of sp³-hybridized carbons (Fsp3) is 0.357. The number of nitrogens with zero attached hydrogens (tertiary/aromatic N) is 1. The number of methoxy groups -OCH3 is 1. The summed E-state index contributed by atoms with van der Waals surface area (Å²) in [4.78, 5) is 23.6. The lowest BCUT2D eigenvalue weighted by molar-refractivity contribution is -0.143. The van der Waals surface area contributed by atoms with Crippen molar-refractivity contribution in [3.63, 3.8) is 0 Å². The number of nitrogens with one attached hydrogen (secondary N) is 1. The smallest absolute Gasteiger partial charge is 0.328 e. The molecule has 0 saturated heterocycles. The molecule has 6 heteroatoms. The minimum absolute atomic E-state index is 0.324. The summed E-state index contributed by atoms with van der Waals surface area (Å²) in [6, 6.07) is 7.57. The van der Waals surface area contributed by atoms with Crippen molar-refractivity contribution in [1.29, 1.82) is 5.26 Å². The zero-order chi connectivity index (χ0) is 15.0. The molecule has 0 bridgehead atoms. The van der Waals surface area contributed by atoms with Gasteiger partial charge in [0.25, 0.3) is 5.91 Å². The van der Waals surface area contributed by atoms with E-state index in [1.54, 1.807) is 24.3 Å². The first-order valence-corrected chi connectivity index (χ1v) is 6.47. The van der Waals surface area contributed by atoms with E-state index in [1.807, 2.05) is 6.07 Å². The summed E-state index contributed by atoms with van der Waals surface area (Å²) in [5.74, 6) is -0.903. The predicted octanol–water partition coefficient (Wildman–Crippen LogP) is 2.31. The lowest BCUT2D eigenvalue weighted by atomic mass is 10.1. The van der Waals surface area contributed by atoms with Gasteiger partial charge in [0.1, 0.15) is 6.04 Å². The van der Waals surface area contributed by atoms with Gasteiger partial charge in [-0.05, 0) is 37.1 Å². The molecule has 20 heavy (non-hydrogen) atoms. The summed E-state index contributed by atoms with van der Waals surface area (Å²) >= 11 is 5.74. The van der Waals surface area contributed by atoms with Crippen molar-refractivity contribution < 1.29 is 14.3 Å². The first kappa shape index (κ1) is 16.0. The van der Waals surface area contributed by atoms with E-state index in [1.165, 1.54) is 7.11 Å². The Morgan fingerprint density at radius 2 is 2.05 bits per heavy atom. The number of unbranched alkanes of at least 4 members (excludes halogenated alkanes) is 1. The highest BCUT2D eigenvalue weighted by Gasteiger charge is 2.21. The van der Waals surface area contributed by atoms with Gasteiger partial charge in [-0.1, -0.05) is 11.6 Å². The highest BCUT2D eigenvalue weighted by Crippen LogP contribution is 2.10. The number of amides is 1. The van der Waals surface area contributed by atoms with Crippen molar-refractivity contribution in [2.75, 3.05) is 7.11 Å². The number of hydrogen-bond donors (Lipinski definition) is 1. The van der Waals surface area contributed by atoms with Crippen LogP contribution in [0.1, 0.15) is 29.6 Å². The van der Waals surface area contributed by atoms with Crippen LogP contribution in [0.25, 0.3) is 0 Å². The van der Waals surface area contributed by atoms with Crippen molar-refractivity contribution in [3.05, 3.63) is 34.9 Å². The Bertz CT molecular complexity index is 508. The van der Waals surface area contributed by atoms with Crippen molar-refractivity contribution in [2.45, 2.75) is 25.3 Å². The van der Waals surface area contributed by atoms with E-state index >= 15 is 0 Å². The average Bonchev–Trinajstić information content (AvgIpc) is 2.46. The molecule has 1 amide bonds. The number of nitriles is 1. The molecule has 0 radical (unpaired) electrons. The molecule has 0 aliphatic rings. The quantitative estimate of drug-likeness (QED) is 0.645. The minimum Gasteiger partial charge on any atom is -0.467 e. The summed E-state index contributed by atoms with van der Waals surface area (Å²) in [5, 5.41) is 11.6. The first-order chi connectivity index (χ1) is 9.58. The molecule has 1 aromatic rings. The van der Waals surface area contributed by atoms with Gasteiger partial charge in [-0.3, -0.25) is 4.79 Å². The molecule has 0 fully saturated rings. The lowest BCUT2D eigenvalue weighted by Crippen LogP contribution is -2.41. The van der Waals surface area contributed by atoms with Crippen LogP contribution in [0.5, 0.6) is 0 Å². The largest absolute Gasteiger partial charge is 0.467 e. The van der Waals surface area contributed by atoms with Crippen LogP contribution in [0.3, 0.4) is 0 Å². The van der Waals surface area contributed by atoms with E-state index in [4.69, 9.17) is 16.9 Å². The number of rotatable bonds is 6. The number of esters is 1. The SMILES string of the molecule is COC(=O)[C@H](CCCC#N)NC(=O)c1ccc(Cl)cc1. The maximum absolute atomic E-state index is 12.0. The van der Waals surface area contributed by atoms with Gasteiger partial charge in [-0.25, -0.2) is 4.79 Å². The molecule has 0 unspecified atom stereocenters. The van der Waals surface area contributed by atoms with Gasteiger partial charge in [-0.15, -0.1) is 0 Å². The molecule has 1 atom stereocenters. The van der Waals surface area contributed by atoms with Crippen molar-refractivity contribution in [2.24, 2.45) is 0 Å². The number of halogens is 1. The normalized spacial score (nSPS) is 11.2.